The van der Waals surface area contributed by atoms with Crippen molar-refractivity contribution in [2.75, 3.05) is 36.4 Å². The fourth-order valence-electron chi connectivity index (χ4n) is 3.75. The Morgan fingerprint density at radius 1 is 0.969 bits per heavy atom. The number of hydrogen-bond donors (Lipinski definition) is 1. The van der Waals surface area contributed by atoms with Crippen LogP contribution in [-0.2, 0) is 4.79 Å². The van der Waals surface area contributed by atoms with E-state index in [0.717, 1.165) is 11.3 Å². The average molecular weight is 472 g/mol. The van der Waals surface area contributed by atoms with Gasteiger partial charge in [-0.05, 0) is 48.5 Å². The predicted molar refractivity (Wildman–Crippen MR) is 128 cm³/mol. The first-order valence-corrected chi connectivity index (χ1v) is 11.2. The van der Waals surface area contributed by atoms with Gasteiger partial charge in [0, 0.05) is 43.2 Å². The molecule has 32 heavy (non-hydrogen) atoms. The third-order valence-electron chi connectivity index (χ3n) is 5.44. The number of nitrogens with zero attached hydrogens (tertiary/aromatic N) is 2. The molecule has 2 amide bonds. The molecule has 0 unspecified atom stereocenters. The molecule has 1 fully saturated rings. The SMILES string of the molecule is CCC(=O)N1CCN(c2c(Cl)cccc2NC(=O)c2ccc(-c3ccc(Cl)cc3)o2)CC1. The second kappa shape index (κ2) is 9.67. The van der Waals surface area contributed by atoms with Gasteiger partial charge in [0.2, 0.25) is 5.91 Å². The highest BCUT2D eigenvalue weighted by atomic mass is 35.5. The standard InChI is InChI=1S/C24H23Cl2N3O3/c1-2-22(30)28-12-14-29(15-13-28)23-18(26)4-3-5-19(23)27-24(31)21-11-10-20(32-21)16-6-8-17(25)9-7-16/h3-11H,2,12-15H2,1H3,(H,27,31). The number of carbonyl (C=O) groups excluding carboxylic acids is 2. The molecular formula is C24H23Cl2N3O3. The van der Waals surface area contributed by atoms with Crippen molar-refractivity contribution in [1.82, 2.24) is 4.90 Å². The molecule has 0 spiro atoms. The normalized spacial score (nSPS) is 13.8. The van der Waals surface area contributed by atoms with Gasteiger partial charge in [-0.2, -0.15) is 0 Å². The Labute approximate surface area is 196 Å². The molecule has 4 rings (SSSR count). The Bertz CT molecular complexity index is 1120. The topological polar surface area (TPSA) is 65.8 Å². The van der Waals surface area contributed by atoms with E-state index in [0.29, 0.717) is 54.1 Å². The largest absolute Gasteiger partial charge is 0.451 e. The lowest BCUT2D eigenvalue weighted by Crippen LogP contribution is -2.48. The highest BCUT2D eigenvalue weighted by Crippen LogP contribution is 2.35. The maximum atomic E-state index is 12.9. The van der Waals surface area contributed by atoms with Gasteiger partial charge in [0.15, 0.2) is 5.76 Å². The van der Waals surface area contributed by atoms with E-state index < -0.39 is 0 Å². The Morgan fingerprint density at radius 3 is 2.38 bits per heavy atom. The van der Waals surface area contributed by atoms with E-state index >= 15 is 0 Å². The third-order valence-corrected chi connectivity index (χ3v) is 6.00. The van der Waals surface area contributed by atoms with Gasteiger partial charge in [-0.3, -0.25) is 9.59 Å². The average Bonchev–Trinajstić information content (AvgIpc) is 3.30. The minimum Gasteiger partial charge on any atom is -0.451 e. The number of furan rings is 1. The first-order chi connectivity index (χ1) is 15.5. The summed E-state index contributed by atoms with van der Waals surface area (Å²) < 4.78 is 5.77. The van der Waals surface area contributed by atoms with Gasteiger partial charge in [-0.25, -0.2) is 0 Å². The van der Waals surface area contributed by atoms with Crippen LogP contribution in [0.4, 0.5) is 11.4 Å². The number of halogens is 2. The molecule has 1 aliphatic rings. The smallest absolute Gasteiger partial charge is 0.291 e. The van der Waals surface area contributed by atoms with Crippen LogP contribution in [0, 0.1) is 0 Å². The van der Waals surface area contributed by atoms with Crippen LogP contribution in [0.2, 0.25) is 10.0 Å². The van der Waals surface area contributed by atoms with Gasteiger partial charge in [0.1, 0.15) is 5.76 Å². The van der Waals surface area contributed by atoms with Crippen molar-refractivity contribution in [3.05, 3.63) is 70.4 Å². The monoisotopic (exact) mass is 471 g/mol. The molecule has 0 saturated carbocycles. The summed E-state index contributed by atoms with van der Waals surface area (Å²) in [5.41, 5.74) is 2.18. The van der Waals surface area contributed by atoms with Crippen LogP contribution >= 0.6 is 23.2 Å². The molecule has 1 saturated heterocycles. The van der Waals surface area contributed by atoms with Crippen molar-refractivity contribution in [3.8, 4) is 11.3 Å². The zero-order valence-corrected chi connectivity index (χ0v) is 19.1. The lowest BCUT2D eigenvalue weighted by molar-refractivity contribution is -0.131. The summed E-state index contributed by atoms with van der Waals surface area (Å²) in [6, 6.07) is 16.0. The number of hydrogen-bond acceptors (Lipinski definition) is 4. The molecule has 2 heterocycles. The Kier molecular flexibility index (Phi) is 6.72. The summed E-state index contributed by atoms with van der Waals surface area (Å²) in [5.74, 6) is 0.550. The molecule has 166 valence electrons. The zero-order valence-electron chi connectivity index (χ0n) is 17.6. The van der Waals surface area contributed by atoms with Gasteiger partial charge < -0.3 is 19.5 Å². The van der Waals surface area contributed by atoms with E-state index in [9.17, 15) is 9.59 Å². The first-order valence-electron chi connectivity index (χ1n) is 10.4. The molecule has 3 aromatic rings. The quantitative estimate of drug-likeness (QED) is 0.528. The van der Waals surface area contributed by atoms with Crippen molar-refractivity contribution in [1.29, 1.82) is 0 Å². The number of para-hydroxylation sites is 1. The molecular weight excluding hydrogens is 449 g/mol. The second-order valence-corrected chi connectivity index (χ2v) is 8.33. The van der Waals surface area contributed by atoms with Crippen molar-refractivity contribution < 1.29 is 14.0 Å². The molecule has 8 heteroatoms. The van der Waals surface area contributed by atoms with Crippen LogP contribution in [-0.4, -0.2) is 42.9 Å². The molecule has 0 atom stereocenters. The van der Waals surface area contributed by atoms with E-state index in [1.54, 1.807) is 36.4 Å². The maximum Gasteiger partial charge on any atom is 0.291 e. The number of rotatable bonds is 5. The van der Waals surface area contributed by atoms with Crippen molar-refractivity contribution in [2.24, 2.45) is 0 Å². The summed E-state index contributed by atoms with van der Waals surface area (Å²) in [6.45, 7) is 4.38. The fraction of sp³-hybridized carbons (Fsp3) is 0.250. The molecule has 0 bridgehead atoms. The van der Waals surface area contributed by atoms with Crippen LogP contribution in [0.1, 0.15) is 23.9 Å². The van der Waals surface area contributed by atoms with E-state index in [1.165, 1.54) is 0 Å². The van der Waals surface area contributed by atoms with Gasteiger partial charge in [-0.1, -0.05) is 36.2 Å². The zero-order chi connectivity index (χ0) is 22.7. The summed E-state index contributed by atoms with van der Waals surface area (Å²) in [5, 5.41) is 4.10. The summed E-state index contributed by atoms with van der Waals surface area (Å²) in [7, 11) is 0. The molecule has 1 aromatic heterocycles. The van der Waals surface area contributed by atoms with Crippen LogP contribution in [0.5, 0.6) is 0 Å². The van der Waals surface area contributed by atoms with E-state index in [1.807, 2.05) is 30.0 Å². The lowest BCUT2D eigenvalue weighted by Gasteiger charge is -2.37. The predicted octanol–water partition coefficient (Wildman–Crippen LogP) is 5.56. The third kappa shape index (κ3) is 4.76. The van der Waals surface area contributed by atoms with E-state index in [4.69, 9.17) is 27.6 Å². The molecule has 1 N–H and O–H groups in total. The summed E-state index contributed by atoms with van der Waals surface area (Å²) in [6.07, 6.45) is 0.495. The Morgan fingerprint density at radius 2 is 1.69 bits per heavy atom. The minimum atomic E-state index is -0.367. The van der Waals surface area contributed by atoms with Crippen molar-refractivity contribution in [3.63, 3.8) is 0 Å². The van der Waals surface area contributed by atoms with Crippen molar-refractivity contribution >= 4 is 46.4 Å². The first kappa shape index (κ1) is 22.2. The summed E-state index contributed by atoms with van der Waals surface area (Å²) >= 11 is 12.4. The van der Waals surface area contributed by atoms with Gasteiger partial charge >= 0.3 is 0 Å². The molecule has 0 radical (unpaired) electrons. The Balaban J connectivity index is 1.50. The molecule has 2 aromatic carbocycles. The number of carbonyl (C=O) groups is 2. The van der Waals surface area contributed by atoms with Gasteiger partial charge in [-0.15, -0.1) is 0 Å². The van der Waals surface area contributed by atoms with Crippen LogP contribution in [0.3, 0.4) is 0 Å². The van der Waals surface area contributed by atoms with Crippen LogP contribution in [0.15, 0.2) is 59.0 Å². The van der Waals surface area contributed by atoms with Crippen LogP contribution in [0.25, 0.3) is 11.3 Å². The number of nitrogens with one attached hydrogen (secondary N) is 1. The lowest BCUT2D eigenvalue weighted by atomic mass is 10.2. The van der Waals surface area contributed by atoms with Crippen LogP contribution < -0.4 is 10.2 Å². The van der Waals surface area contributed by atoms with Gasteiger partial charge in [0.25, 0.3) is 5.91 Å². The molecule has 0 aliphatic carbocycles. The van der Waals surface area contributed by atoms with Gasteiger partial charge in [0.05, 0.1) is 16.4 Å². The highest BCUT2D eigenvalue weighted by Gasteiger charge is 2.24. The fourth-order valence-corrected chi connectivity index (χ4v) is 4.17. The number of anilines is 2. The second-order valence-electron chi connectivity index (χ2n) is 7.48. The number of amides is 2. The number of piperazine rings is 1. The number of benzene rings is 2. The minimum absolute atomic E-state index is 0.145. The highest BCUT2D eigenvalue weighted by molar-refractivity contribution is 6.34. The van der Waals surface area contributed by atoms with E-state index in [2.05, 4.69) is 10.2 Å². The summed E-state index contributed by atoms with van der Waals surface area (Å²) in [4.78, 5) is 28.8. The van der Waals surface area contributed by atoms with E-state index in [-0.39, 0.29) is 17.6 Å². The molecule has 1 aliphatic heterocycles. The maximum absolute atomic E-state index is 12.9. The van der Waals surface area contributed by atoms with Crippen molar-refractivity contribution in [2.45, 2.75) is 13.3 Å². The Hall–Kier alpha value is -2.96. The molecule has 6 nitrogen and oxygen atoms in total.